The van der Waals surface area contributed by atoms with Crippen LogP contribution in [0, 0.1) is 5.92 Å². The summed E-state index contributed by atoms with van der Waals surface area (Å²) in [6, 6.07) is 0.448. The second kappa shape index (κ2) is 4.61. The molecule has 0 bridgehead atoms. The molecule has 73 valence electrons. The Hall–Kier alpha value is 0.190. The van der Waals surface area contributed by atoms with E-state index in [-0.39, 0.29) is 12.4 Å². The number of rotatable bonds is 1. The Morgan fingerprint density at radius 3 is 2.85 bits per heavy atom. The number of hydrogen-bond acceptors (Lipinski definition) is 3. The van der Waals surface area contributed by atoms with E-state index >= 15 is 0 Å². The molecule has 1 saturated heterocycles. The highest BCUT2D eigenvalue weighted by molar-refractivity contribution is 14.1. The number of nitrogens with zero attached hydrogens (tertiary/aromatic N) is 1. The van der Waals surface area contributed by atoms with E-state index in [1.54, 1.807) is 0 Å². The summed E-state index contributed by atoms with van der Waals surface area (Å²) < 4.78 is 1.05. The van der Waals surface area contributed by atoms with Gasteiger partial charge < -0.3 is 5.32 Å². The summed E-state index contributed by atoms with van der Waals surface area (Å²) in [6.45, 7) is 3.38. The van der Waals surface area contributed by atoms with Crippen molar-refractivity contribution in [3.05, 3.63) is 9.90 Å². The lowest BCUT2D eigenvalue weighted by molar-refractivity contribution is 0.644. The molecule has 0 amide bonds. The minimum absolute atomic E-state index is 0. The van der Waals surface area contributed by atoms with Crippen LogP contribution in [0.25, 0.3) is 0 Å². The van der Waals surface area contributed by atoms with Crippen LogP contribution in [0.2, 0.25) is 0 Å². The summed E-state index contributed by atoms with van der Waals surface area (Å²) in [5.41, 5.74) is 0. The molecule has 1 radical (unpaired) electrons. The van der Waals surface area contributed by atoms with Gasteiger partial charge >= 0.3 is 5.84 Å². The summed E-state index contributed by atoms with van der Waals surface area (Å²) in [5, 5.41) is 6.63. The molecule has 2 heterocycles. The van der Waals surface area contributed by atoms with Crippen molar-refractivity contribution in [2.45, 2.75) is 19.4 Å². The predicted octanol–water partition coefficient (Wildman–Crippen LogP) is 0.978. The van der Waals surface area contributed by atoms with Crippen LogP contribution in [0.3, 0.4) is 0 Å². The van der Waals surface area contributed by atoms with E-state index in [0.29, 0.717) is 6.04 Å². The Kier molecular flexibility index (Phi) is 4.00. The molecule has 1 fully saturated rings. The van der Waals surface area contributed by atoms with E-state index in [2.05, 4.69) is 45.1 Å². The van der Waals surface area contributed by atoms with Crippen LogP contribution in [-0.4, -0.2) is 18.4 Å². The summed E-state index contributed by atoms with van der Waals surface area (Å²) >= 11 is 2.22. The van der Waals surface area contributed by atoms with Gasteiger partial charge in [-0.1, -0.05) is 6.92 Å². The van der Waals surface area contributed by atoms with Crippen LogP contribution in [0.5, 0.6) is 0 Å². The fourth-order valence-electron chi connectivity index (χ4n) is 1.61. The lowest BCUT2D eigenvalue weighted by atomic mass is 10.1. The van der Waals surface area contributed by atoms with Crippen molar-refractivity contribution in [3.8, 4) is 0 Å². The first-order valence-corrected chi connectivity index (χ1v) is 5.28. The zero-order valence-electron chi connectivity index (χ0n) is 7.38. The topological polar surface area (TPSA) is 38.2 Å². The van der Waals surface area contributed by atoms with Gasteiger partial charge in [0.15, 0.2) is 0 Å². The molecule has 2 aliphatic heterocycles. The molecule has 0 aromatic heterocycles. The molecule has 2 atom stereocenters. The first-order valence-electron chi connectivity index (χ1n) is 4.20. The second-order valence-electron chi connectivity index (χ2n) is 3.41. The van der Waals surface area contributed by atoms with Gasteiger partial charge in [0.05, 0.1) is 0 Å². The minimum atomic E-state index is 0. The molecule has 0 unspecified atom stereocenters. The second-order valence-corrected chi connectivity index (χ2v) is 4.52. The van der Waals surface area contributed by atoms with Gasteiger partial charge in [-0.2, -0.15) is 0 Å². The SMILES string of the molecule is C[C@H]1CN[C@H](C2=[N+]C(I)=CN2)C1.Cl. The van der Waals surface area contributed by atoms with Crippen molar-refractivity contribution >= 4 is 40.8 Å². The van der Waals surface area contributed by atoms with Crippen molar-refractivity contribution in [2.75, 3.05) is 6.54 Å². The smallest absolute Gasteiger partial charge is 0.303 e. The van der Waals surface area contributed by atoms with Gasteiger partial charge in [-0.15, -0.1) is 12.4 Å². The Morgan fingerprint density at radius 2 is 2.38 bits per heavy atom. The quantitative estimate of drug-likeness (QED) is 0.559. The van der Waals surface area contributed by atoms with Gasteiger partial charge in [0, 0.05) is 22.6 Å². The van der Waals surface area contributed by atoms with E-state index in [9.17, 15) is 0 Å². The fourth-order valence-corrected chi connectivity index (χ4v) is 2.03. The first-order chi connectivity index (χ1) is 5.75. The van der Waals surface area contributed by atoms with Gasteiger partial charge in [0.1, 0.15) is 12.2 Å². The molecule has 2 aliphatic rings. The Labute approximate surface area is 98.0 Å². The van der Waals surface area contributed by atoms with Crippen molar-refractivity contribution < 1.29 is 0 Å². The lowest BCUT2D eigenvalue weighted by Gasteiger charge is -2.01. The molecule has 0 spiro atoms. The fraction of sp³-hybridized carbons (Fsp3) is 0.625. The third-order valence-corrected chi connectivity index (χ3v) is 2.80. The zero-order chi connectivity index (χ0) is 8.55. The maximum atomic E-state index is 4.40. The van der Waals surface area contributed by atoms with Crippen LogP contribution < -0.4 is 15.6 Å². The van der Waals surface area contributed by atoms with Gasteiger partial charge in [0.25, 0.3) is 0 Å². The Bertz CT molecular complexity index is 252. The molecule has 13 heavy (non-hydrogen) atoms. The van der Waals surface area contributed by atoms with Crippen molar-refractivity contribution in [1.29, 1.82) is 0 Å². The van der Waals surface area contributed by atoms with Crippen LogP contribution >= 0.6 is 35.0 Å². The molecule has 3 nitrogen and oxygen atoms in total. The van der Waals surface area contributed by atoms with E-state index in [1.807, 2.05) is 6.20 Å². The summed E-state index contributed by atoms with van der Waals surface area (Å²) in [7, 11) is 0. The van der Waals surface area contributed by atoms with Crippen LogP contribution in [0.15, 0.2) is 9.90 Å². The van der Waals surface area contributed by atoms with E-state index in [0.717, 1.165) is 22.0 Å². The highest BCUT2D eigenvalue weighted by Gasteiger charge is 2.32. The Balaban J connectivity index is 0.000000845. The van der Waals surface area contributed by atoms with Crippen molar-refractivity contribution in [1.82, 2.24) is 15.6 Å². The third-order valence-electron chi connectivity index (χ3n) is 2.25. The Morgan fingerprint density at radius 1 is 1.62 bits per heavy atom. The monoisotopic (exact) mass is 313 g/mol. The number of amidine groups is 1. The van der Waals surface area contributed by atoms with Gasteiger partial charge in [-0.3, -0.25) is 0 Å². The molecule has 2 rings (SSSR count). The van der Waals surface area contributed by atoms with Crippen LogP contribution in [0.1, 0.15) is 13.3 Å². The predicted molar refractivity (Wildman–Crippen MR) is 65.2 cm³/mol. The summed E-state index contributed by atoms with van der Waals surface area (Å²) in [6.07, 6.45) is 3.14. The van der Waals surface area contributed by atoms with E-state index in [1.165, 1.54) is 6.42 Å². The standard InChI is InChI=1S/C8H12IN3.ClH/c1-5-2-6(10-3-5)8-11-4-7(9)12-8;/h4-6,10-11H,2-3H2,1H3;1H/q+1;/t5-,6+;/m1./s1. The number of halogens is 2. The van der Waals surface area contributed by atoms with Crippen LogP contribution in [-0.2, 0) is 0 Å². The van der Waals surface area contributed by atoms with Gasteiger partial charge in [-0.05, 0) is 23.9 Å². The third kappa shape index (κ3) is 2.57. The zero-order valence-corrected chi connectivity index (χ0v) is 10.4. The normalized spacial score (nSPS) is 31.8. The highest BCUT2D eigenvalue weighted by atomic mass is 127. The average Bonchev–Trinajstić information content (AvgIpc) is 2.58. The summed E-state index contributed by atoms with van der Waals surface area (Å²) in [4.78, 5) is 4.40. The molecule has 0 saturated carbocycles. The van der Waals surface area contributed by atoms with E-state index in [4.69, 9.17) is 0 Å². The van der Waals surface area contributed by atoms with E-state index < -0.39 is 0 Å². The average molecular weight is 314 g/mol. The molecule has 0 aromatic rings. The number of nitrogens with one attached hydrogen (secondary N) is 2. The highest BCUT2D eigenvalue weighted by Crippen LogP contribution is 2.14. The van der Waals surface area contributed by atoms with Crippen molar-refractivity contribution in [2.24, 2.45) is 5.92 Å². The largest absolute Gasteiger partial charge is 0.314 e. The minimum Gasteiger partial charge on any atom is -0.303 e. The van der Waals surface area contributed by atoms with Crippen molar-refractivity contribution in [3.63, 3.8) is 0 Å². The molecule has 0 aromatic carbocycles. The van der Waals surface area contributed by atoms with Crippen LogP contribution in [0.4, 0.5) is 0 Å². The summed E-state index contributed by atoms with van der Waals surface area (Å²) in [5.74, 6) is 1.86. The lowest BCUT2D eigenvalue weighted by Crippen LogP contribution is -2.38. The number of hydrogen-bond donors (Lipinski definition) is 2. The molecule has 0 aliphatic carbocycles. The van der Waals surface area contributed by atoms with Gasteiger partial charge in [-0.25, -0.2) is 5.32 Å². The molecular weight excluding hydrogens is 300 g/mol. The molecular formula is C8H13ClIN3+. The number of aliphatic imine (C=N–C) groups is 1. The molecule has 2 N–H and O–H groups in total. The molecule has 5 heteroatoms. The maximum absolute atomic E-state index is 4.40. The first kappa shape index (κ1) is 11.3. The maximum Gasteiger partial charge on any atom is 0.314 e. The van der Waals surface area contributed by atoms with Gasteiger partial charge in [0.2, 0.25) is 3.70 Å².